The lowest BCUT2D eigenvalue weighted by Crippen LogP contribution is -2.45. The van der Waals surface area contributed by atoms with Crippen molar-refractivity contribution in [2.24, 2.45) is 0 Å². The summed E-state index contributed by atoms with van der Waals surface area (Å²) in [5, 5.41) is 0.108. The van der Waals surface area contributed by atoms with Crippen LogP contribution in [0.2, 0.25) is 5.02 Å². The molecule has 2 aromatic carbocycles. The predicted molar refractivity (Wildman–Crippen MR) is 91.4 cm³/mol. The summed E-state index contributed by atoms with van der Waals surface area (Å²) in [5.74, 6) is -1.11. The van der Waals surface area contributed by atoms with E-state index < -0.39 is 27.1 Å². The molecule has 124 valence electrons. The molecule has 0 aliphatic rings. The molecular weight excluding hydrogens is 337 g/mol. The Bertz CT molecular complexity index is 756. The standard InChI is InChI=1S/C17H19ClFNO2S/c1-17(2,11-13-7-4-3-5-8-13)20-23(21,22)12-14-15(18)9-6-10-16(14)19/h3-10,20H,11-12H2,1-2H3. The van der Waals surface area contributed by atoms with Gasteiger partial charge in [0.1, 0.15) is 5.82 Å². The summed E-state index contributed by atoms with van der Waals surface area (Å²) in [6.45, 7) is 3.58. The molecule has 0 aliphatic carbocycles. The molecule has 2 aromatic rings. The molecule has 3 nitrogen and oxygen atoms in total. The lowest BCUT2D eigenvalue weighted by atomic mass is 9.96. The van der Waals surface area contributed by atoms with Gasteiger partial charge in [0, 0.05) is 16.1 Å². The second kappa shape index (κ2) is 6.99. The maximum Gasteiger partial charge on any atom is 0.216 e. The molecule has 0 aliphatic heterocycles. The van der Waals surface area contributed by atoms with Gasteiger partial charge in [0.25, 0.3) is 0 Å². The maximum absolute atomic E-state index is 13.8. The van der Waals surface area contributed by atoms with Crippen LogP contribution in [0, 0.1) is 5.82 Å². The van der Waals surface area contributed by atoms with Crippen LogP contribution in [-0.2, 0) is 22.2 Å². The Labute approximate surface area is 141 Å². The van der Waals surface area contributed by atoms with Crippen LogP contribution in [0.4, 0.5) is 4.39 Å². The van der Waals surface area contributed by atoms with E-state index in [9.17, 15) is 12.8 Å². The Morgan fingerprint density at radius 3 is 2.35 bits per heavy atom. The maximum atomic E-state index is 13.8. The summed E-state index contributed by atoms with van der Waals surface area (Å²) in [7, 11) is -3.73. The van der Waals surface area contributed by atoms with Gasteiger partial charge in [-0.2, -0.15) is 0 Å². The Morgan fingerprint density at radius 2 is 1.74 bits per heavy atom. The zero-order valence-corrected chi connectivity index (χ0v) is 14.6. The molecule has 1 N–H and O–H groups in total. The fourth-order valence-corrected chi connectivity index (χ4v) is 4.43. The van der Waals surface area contributed by atoms with E-state index in [0.717, 1.165) is 5.56 Å². The fourth-order valence-electron chi connectivity index (χ4n) is 2.46. The van der Waals surface area contributed by atoms with Crippen molar-refractivity contribution < 1.29 is 12.8 Å². The lowest BCUT2D eigenvalue weighted by Gasteiger charge is -2.26. The molecule has 0 unspecified atom stereocenters. The molecule has 23 heavy (non-hydrogen) atoms. The number of benzene rings is 2. The number of sulfonamides is 1. The molecule has 0 radical (unpaired) electrons. The minimum Gasteiger partial charge on any atom is -0.212 e. The first-order chi connectivity index (χ1) is 10.7. The van der Waals surface area contributed by atoms with Crippen molar-refractivity contribution in [2.45, 2.75) is 31.6 Å². The Kier molecular flexibility index (Phi) is 5.45. The van der Waals surface area contributed by atoms with Crippen molar-refractivity contribution in [2.75, 3.05) is 0 Å². The van der Waals surface area contributed by atoms with E-state index in [1.807, 2.05) is 30.3 Å². The van der Waals surface area contributed by atoms with Gasteiger partial charge in [0.2, 0.25) is 10.0 Å². The Hall–Kier alpha value is -1.43. The van der Waals surface area contributed by atoms with Gasteiger partial charge in [0.05, 0.1) is 5.75 Å². The topological polar surface area (TPSA) is 46.2 Å². The number of nitrogens with one attached hydrogen (secondary N) is 1. The van der Waals surface area contributed by atoms with Crippen LogP contribution in [0.3, 0.4) is 0 Å². The highest BCUT2D eigenvalue weighted by Gasteiger charge is 2.26. The van der Waals surface area contributed by atoms with Crippen LogP contribution < -0.4 is 4.72 Å². The molecule has 0 atom stereocenters. The van der Waals surface area contributed by atoms with Crippen molar-refractivity contribution in [1.82, 2.24) is 4.72 Å². The smallest absolute Gasteiger partial charge is 0.212 e. The average molecular weight is 356 g/mol. The van der Waals surface area contributed by atoms with Gasteiger partial charge < -0.3 is 0 Å². The third kappa shape index (κ3) is 5.30. The minimum absolute atomic E-state index is 0.0165. The first-order valence-electron chi connectivity index (χ1n) is 7.17. The van der Waals surface area contributed by atoms with Crippen molar-refractivity contribution in [3.63, 3.8) is 0 Å². The van der Waals surface area contributed by atoms with Crippen LogP contribution in [0.25, 0.3) is 0 Å². The van der Waals surface area contributed by atoms with E-state index in [2.05, 4.69) is 4.72 Å². The van der Waals surface area contributed by atoms with Gasteiger partial charge in [-0.1, -0.05) is 48.0 Å². The number of halogens is 2. The molecule has 2 rings (SSSR count). The molecule has 0 heterocycles. The number of rotatable bonds is 6. The molecule has 0 saturated heterocycles. The van der Waals surface area contributed by atoms with E-state index in [1.54, 1.807) is 13.8 Å². The highest BCUT2D eigenvalue weighted by molar-refractivity contribution is 7.88. The SMILES string of the molecule is CC(C)(Cc1ccccc1)NS(=O)(=O)Cc1c(F)cccc1Cl. The summed E-state index contributed by atoms with van der Waals surface area (Å²) in [5.41, 5.74) is 0.305. The van der Waals surface area contributed by atoms with Crippen LogP contribution in [0.1, 0.15) is 25.0 Å². The van der Waals surface area contributed by atoms with E-state index in [-0.39, 0.29) is 10.6 Å². The van der Waals surface area contributed by atoms with E-state index in [4.69, 9.17) is 11.6 Å². The van der Waals surface area contributed by atoms with E-state index in [0.29, 0.717) is 6.42 Å². The molecule has 0 amide bonds. The Morgan fingerprint density at radius 1 is 1.09 bits per heavy atom. The second-order valence-corrected chi connectivity index (χ2v) is 8.24. The minimum atomic E-state index is -3.73. The normalized spacial score (nSPS) is 12.3. The highest BCUT2D eigenvalue weighted by atomic mass is 35.5. The van der Waals surface area contributed by atoms with E-state index in [1.165, 1.54) is 18.2 Å². The average Bonchev–Trinajstić information content (AvgIpc) is 2.42. The van der Waals surface area contributed by atoms with Crippen LogP contribution in [0.5, 0.6) is 0 Å². The van der Waals surface area contributed by atoms with Gasteiger partial charge in [-0.15, -0.1) is 0 Å². The quantitative estimate of drug-likeness (QED) is 0.853. The highest BCUT2D eigenvalue weighted by Crippen LogP contribution is 2.22. The third-order valence-corrected chi connectivity index (χ3v) is 5.20. The van der Waals surface area contributed by atoms with Gasteiger partial charge >= 0.3 is 0 Å². The molecule has 0 bridgehead atoms. The first kappa shape index (κ1) is 17.9. The number of hydrogen-bond acceptors (Lipinski definition) is 2. The van der Waals surface area contributed by atoms with Crippen LogP contribution in [0.15, 0.2) is 48.5 Å². The lowest BCUT2D eigenvalue weighted by molar-refractivity contribution is 0.449. The monoisotopic (exact) mass is 355 g/mol. The van der Waals surface area contributed by atoms with Gasteiger partial charge in [-0.3, -0.25) is 0 Å². The van der Waals surface area contributed by atoms with Gasteiger partial charge in [-0.25, -0.2) is 17.5 Å². The van der Waals surface area contributed by atoms with Crippen LogP contribution >= 0.6 is 11.6 Å². The molecule has 6 heteroatoms. The largest absolute Gasteiger partial charge is 0.216 e. The molecule has 0 spiro atoms. The zero-order valence-electron chi connectivity index (χ0n) is 13.0. The molecule has 0 fully saturated rings. The summed E-state index contributed by atoms with van der Waals surface area (Å²) >= 11 is 5.90. The third-order valence-electron chi connectivity index (χ3n) is 3.32. The zero-order chi connectivity index (χ0) is 17.1. The van der Waals surface area contributed by atoms with Crippen molar-refractivity contribution in [1.29, 1.82) is 0 Å². The summed E-state index contributed by atoms with van der Waals surface area (Å²) in [6.07, 6.45) is 0.526. The molecular formula is C17H19ClFNO2S. The summed E-state index contributed by atoms with van der Waals surface area (Å²) in [6, 6.07) is 13.7. The van der Waals surface area contributed by atoms with Crippen molar-refractivity contribution in [3.8, 4) is 0 Å². The number of hydrogen-bond donors (Lipinski definition) is 1. The predicted octanol–water partition coefficient (Wildman–Crippen LogP) is 3.92. The fraction of sp³-hybridized carbons (Fsp3) is 0.294. The van der Waals surface area contributed by atoms with Gasteiger partial charge in [0.15, 0.2) is 0 Å². The molecule has 0 aromatic heterocycles. The summed E-state index contributed by atoms with van der Waals surface area (Å²) < 4.78 is 41.2. The van der Waals surface area contributed by atoms with Gasteiger partial charge in [-0.05, 0) is 38.0 Å². The van der Waals surface area contributed by atoms with Crippen molar-refractivity contribution in [3.05, 3.63) is 70.5 Å². The van der Waals surface area contributed by atoms with E-state index >= 15 is 0 Å². The Balaban J connectivity index is 2.14. The summed E-state index contributed by atoms with van der Waals surface area (Å²) in [4.78, 5) is 0. The molecule has 0 saturated carbocycles. The first-order valence-corrected chi connectivity index (χ1v) is 9.20. The van der Waals surface area contributed by atoms with Crippen molar-refractivity contribution >= 4 is 21.6 Å². The second-order valence-electron chi connectivity index (χ2n) is 6.11. The van der Waals surface area contributed by atoms with Crippen LogP contribution in [-0.4, -0.2) is 14.0 Å².